The van der Waals surface area contributed by atoms with Gasteiger partial charge in [0, 0.05) is 26.9 Å². The van der Waals surface area contributed by atoms with Crippen LogP contribution in [0, 0.1) is 11.8 Å². The Labute approximate surface area is 432 Å². The van der Waals surface area contributed by atoms with Gasteiger partial charge in [-0.25, -0.2) is 28.1 Å². The molecule has 4 aromatic rings. The highest BCUT2D eigenvalue weighted by atomic mass is 16.7. The Morgan fingerprint density at radius 3 is 1.76 bits per heavy atom. The van der Waals surface area contributed by atoms with Crippen LogP contribution < -0.4 is 37.2 Å². The predicted octanol–water partition coefficient (Wildman–Crippen LogP) is 1.84. The Kier molecular flexibility index (Phi) is 22.7. The fourth-order valence-corrected chi connectivity index (χ4v) is 8.38. The summed E-state index contributed by atoms with van der Waals surface area (Å²) in [4.78, 5) is 101. The number of carboxylic acids is 1. The van der Waals surface area contributed by atoms with Crippen LogP contribution >= 0.6 is 0 Å². The minimum Gasteiger partial charge on any atom is -0.497 e. The minimum absolute atomic E-state index is 0.0153. The summed E-state index contributed by atoms with van der Waals surface area (Å²) >= 11 is 0. The maximum atomic E-state index is 14.1. The van der Waals surface area contributed by atoms with Crippen molar-refractivity contribution in [3.63, 3.8) is 0 Å². The van der Waals surface area contributed by atoms with Crippen LogP contribution in [0.4, 0.5) is 0 Å². The molecule has 2 amide bonds. The number of rotatable bonds is 30. The molecule has 3 aromatic carbocycles. The van der Waals surface area contributed by atoms with E-state index in [0.717, 1.165) is 9.13 Å². The maximum Gasteiger partial charge on any atom is 0.336 e. The standard InChI is InChI=1S/C52H67N5O18/c1-34-35(2)47(54-36(3)58)48(75-43(34)32-73-37(4)59)72-31-30-69-28-29-70-33-44(60)53-22-23-55-49(64)56(24-26-71-46(63)21-20-45(61)62)51(66)57(50(55)65)25-27-74-52(38-10-8-7-9-11-38,39-12-16-41(67-5)17-13-39)40-14-18-42(68-6)19-15-40/h7-19,34-35,43,47-48H,20-33H2,1-6H3,(H,53,60)(H,54,58)(H,61,62). The van der Waals surface area contributed by atoms with E-state index in [-0.39, 0.29) is 77.0 Å². The number of hydrogen-bond donors (Lipinski definition) is 3. The van der Waals surface area contributed by atoms with E-state index in [0.29, 0.717) is 32.8 Å². The van der Waals surface area contributed by atoms with E-state index >= 15 is 0 Å². The van der Waals surface area contributed by atoms with Gasteiger partial charge in [-0.3, -0.25) is 24.0 Å². The molecule has 2 heterocycles. The van der Waals surface area contributed by atoms with Crippen LogP contribution in [-0.2, 0) is 82.4 Å². The molecule has 0 bridgehead atoms. The van der Waals surface area contributed by atoms with Crippen molar-refractivity contribution in [2.75, 3.05) is 73.6 Å². The van der Waals surface area contributed by atoms with Gasteiger partial charge in [0.05, 0.1) is 85.3 Å². The predicted molar refractivity (Wildman–Crippen MR) is 267 cm³/mol. The van der Waals surface area contributed by atoms with Crippen LogP contribution in [-0.4, -0.2) is 141 Å². The first-order valence-electron chi connectivity index (χ1n) is 24.4. The topological polar surface area (TPSA) is 279 Å². The molecular weight excluding hydrogens is 983 g/mol. The van der Waals surface area contributed by atoms with Gasteiger partial charge < -0.3 is 58.4 Å². The number of carbonyl (C=O) groups is 5. The van der Waals surface area contributed by atoms with Gasteiger partial charge in [0.1, 0.15) is 36.9 Å². The molecule has 0 radical (unpaired) electrons. The number of carboxylic acid groups (broad SMARTS) is 1. The molecule has 0 spiro atoms. The average molecular weight is 1050 g/mol. The number of nitrogens with one attached hydrogen (secondary N) is 2. The second kappa shape index (κ2) is 29.1. The van der Waals surface area contributed by atoms with E-state index < -0.39 is 97.5 Å². The summed E-state index contributed by atoms with van der Waals surface area (Å²) in [6, 6.07) is 23.3. The van der Waals surface area contributed by atoms with Crippen LogP contribution in [0.1, 0.15) is 57.2 Å². The van der Waals surface area contributed by atoms with E-state index in [1.54, 1.807) is 38.5 Å². The van der Waals surface area contributed by atoms with Gasteiger partial charge in [-0.05, 0) is 52.8 Å². The van der Waals surface area contributed by atoms with Gasteiger partial charge in [0.25, 0.3) is 0 Å². The summed E-state index contributed by atoms with van der Waals surface area (Å²) in [6.45, 7) is 4.32. The number of ether oxygens (including phenoxy) is 9. The summed E-state index contributed by atoms with van der Waals surface area (Å²) in [5.74, 6) is -2.30. The van der Waals surface area contributed by atoms with E-state index in [1.807, 2.05) is 68.4 Å². The molecule has 3 N–H and O–H groups in total. The Morgan fingerprint density at radius 1 is 0.653 bits per heavy atom. The second-order valence-electron chi connectivity index (χ2n) is 17.4. The van der Waals surface area contributed by atoms with E-state index in [2.05, 4.69) is 10.6 Å². The molecule has 23 nitrogen and oxygen atoms in total. The molecule has 5 rings (SSSR count). The molecule has 75 heavy (non-hydrogen) atoms. The van der Waals surface area contributed by atoms with Gasteiger partial charge in [0.15, 0.2) is 6.29 Å². The smallest absolute Gasteiger partial charge is 0.336 e. The van der Waals surface area contributed by atoms with Crippen LogP contribution in [0.15, 0.2) is 93.2 Å². The monoisotopic (exact) mass is 1050 g/mol. The zero-order valence-corrected chi connectivity index (χ0v) is 43.0. The third-order valence-corrected chi connectivity index (χ3v) is 12.5. The Morgan fingerprint density at radius 2 is 1.20 bits per heavy atom. The van der Waals surface area contributed by atoms with Gasteiger partial charge >= 0.3 is 35.0 Å². The molecule has 1 aromatic heterocycles. The lowest BCUT2D eigenvalue weighted by Gasteiger charge is -2.44. The highest BCUT2D eigenvalue weighted by Gasteiger charge is 2.43. The van der Waals surface area contributed by atoms with Crippen LogP contribution in [0.2, 0.25) is 0 Å². The van der Waals surface area contributed by atoms with Crippen LogP contribution in [0.5, 0.6) is 11.5 Å². The fraction of sp³-hybridized carbons (Fsp3) is 0.500. The SMILES string of the molecule is COc1ccc(C(OCCn2c(=O)n(CCNC(=O)COCCOCCOC3OC(COC(C)=O)C(C)C(C)C3NC(C)=O)c(=O)n(CCOC(=O)CCC(=O)O)c2=O)(c2ccccc2)c2ccc(OC)cc2)cc1. The Hall–Kier alpha value is -7.18. The third-order valence-electron chi connectivity index (χ3n) is 12.5. The lowest BCUT2D eigenvalue weighted by atomic mass is 9.80. The molecule has 23 heteroatoms. The summed E-state index contributed by atoms with van der Waals surface area (Å²) in [7, 11) is 3.09. The van der Waals surface area contributed by atoms with Crippen molar-refractivity contribution < 1.29 is 71.7 Å². The average Bonchev–Trinajstić information content (AvgIpc) is 3.40. The number of benzene rings is 3. The molecule has 408 valence electrons. The zero-order valence-electron chi connectivity index (χ0n) is 43.0. The molecule has 1 aliphatic rings. The molecule has 1 fully saturated rings. The zero-order chi connectivity index (χ0) is 54.5. The highest BCUT2D eigenvalue weighted by molar-refractivity contribution is 5.77. The van der Waals surface area contributed by atoms with Crippen LogP contribution in [0.3, 0.4) is 0 Å². The van der Waals surface area contributed by atoms with Gasteiger partial charge in [-0.1, -0.05) is 68.4 Å². The molecule has 5 atom stereocenters. The van der Waals surface area contributed by atoms with Crippen molar-refractivity contribution in [3.05, 3.63) is 127 Å². The third kappa shape index (κ3) is 16.4. The summed E-state index contributed by atoms with van der Waals surface area (Å²) < 4.78 is 53.4. The number of aromatic nitrogens is 3. The van der Waals surface area contributed by atoms with Crippen molar-refractivity contribution in [1.82, 2.24) is 24.3 Å². The first kappa shape index (κ1) is 58.7. The van der Waals surface area contributed by atoms with Crippen molar-refractivity contribution in [2.45, 2.75) is 84.2 Å². The lowest BCUT2D eigenvalue weighted by Crippen LogP contribution is -2.58. The number of carbonyl (C=O) groups excluding carboxylic acids is 4. The van der Waals surface area contributed by atoms with Gasteiger partial charge in [-0.15, -0.1) is 0 Å². The maximum absolute atomic E-state index is 14.1. The fourth-order valence-electron chi connectivity index (χ4n) is 8.38. The number of methoxy groups -OCH3 is 2. The van der Waals surface area contributed by atoms with E-state index in [4.69, 9.17) is 47.7 Å². The Bertz CT molecular complexity index is 2640. The minimum atomic E-state index is -1.32. The van der Waals surface area contributed by atoms with Crippen LogP contribution in [0.25, 0.3) is 0 Å². The summed E-state index contributed by atoms with van der Waals surface area (Å²) in [5, 5.41) is 14.4. The lowest BCUT2D eigenvalue weighted by molar-refractivity contribution is -0.247. The van der Waals surface area contributed by atoms with Gasteiger partial charge in [0.2, 0.25) is 11.8 Å². The molecule has 1 aliphatic heterocycles. The van der Waals surface area contributed by atoms with Crippen molar-refractivity contribution in [2.24, 2.45) is 11.8 Å². The number of amides is 2. The van der Waals surface area contributed by atoms with E-state index in [9.17, 15) is 38.4 Å². The van der Waals surface area contributed by atoms with Crippen molar-refractivity contribution in [1.29, 1.82) is 0 Å². The van der Waals surface area contributed by atoms with E-state index in [1.165, 1.54) is 13.8 Å². The highest BCUT2D eigenvalue weighted by Crippen LogP contribution is 2.41. The largest absolute Gasteiger partial charge is 0.497 e. The first-order chi connectivity index (χ1) is 36.0. The Balaban J connectivity index is 1.24. The molecular formula is C52H67N5O18. The van der Waals surface area contributed by atoms with Crippen molar-refractivity contribution in [3.8, 4) is 11.5 Å². The quantitative estimate of drug-likeness (QED) is 0.0382. The first-order valence-corrected chi connectivity index (χ1v) is 24.4. The van der Waals surface area contributed by atoms with Crippen molar-refractivity contribution >= 4 is 29.7 Å². The second-order valence-corrected chi connectivity index (χ2v) is 17.4. The molecule has 1 saturated heterocycles. The van der Waals surface area contributed by atoms with Gasteiger partial charge in [-0.2, -0.15) is 0 Å². The number of nitrogens with zero attached hydrogens (tertiary/aromatic N) is 3. The normalized spacial score (nSPS) is 17.4. The summed E-state index contributed by atoms with van der Waals surface area (Å²) in [6.07, 6.45) is -2.21. The molecule has 5 unspecified atom stereocenters. The summed E-state index contributed by atoms with van der Waals surface area (Å²) in [5.41, 5.74) is -2.33. The molecule has 0 saturated carbocycles. The number of esters is 2. The number of aliphatic carboxylic acids is 1. The number of hydrogen-bond acceptors (Lipinski definition) is 17. The molecule has 0 aliphatic carbocycles.